The Hall–Kier alpha value is -2.29. The van der Waals surface area contributed by atoms with Crippen LogP contribution in [0.4, 0.5) is 4.39 Å². The van der Waals surface area contributed by atoms with E-state index in [1.807, 2.05) is 0 Å². The maximum Gasteiger partial charge on any atom is 0.285 e. The number of amides is 2. The number of carbonyl (C=O) groups excluding carboxylic acids is 2. The van der Waals surface area contributed by atoms with Gasteiger partial charge >= 0.3 is 0 Å². The number of nitrogens with zero attached hydrogens (tertiary/aromatic N) is 2. The Bertz CT molecular complexity index is 885. The van der Waals surface area contributed by atoms with E-state index in [1.54, 1.807) is 0 Å². The number of hydrogen-bond donors (Lipinski definition) is 1. The van der Waals surface area contributed by atoms with Crippen LogP contribution < -0.4 is 5.43 Å². The SMILES string of the molecule is O=C(NN1C(=O)C(=Cc2c(F)cccc2Cl)SC1=S)c1ccncc1. The third-order valence-corrected chi connectivity index (χ3v) is 4.86. The van der Waals surface area contributed by atoms with Crippen molar-refractivity contribution >= 4 is 57.8 Å². The Balaban J connectivity index is 1.83. The zero-order valence-electron chi connectivity index (χ0n) is 12.4. The van der Waals surface area contributed by atoms with E-state index in [-0.39, 0.29) is 19.8 Å². The van der Waals surface area contributed by atoms with Gasteiger partial charge in [-0.2, -0.15) is 5.01 Å². The molecule has 1 aromatic carbocycles. The second-order valence-corrected chi connectivity index (χ2v) is 6.91. The number of rotatable bonds is 3. The highest BCUT2D eigenvalue weighted by Crippen LogP contribution is 2.33. The second-order valence-electron chi connectivity index (χ2n) is 4.83. The number of halogens is 2. The summed E-state index contributed by atoms with van der Waals surface area (Å²) in [4.78, 5) is 28.6. The molecule has 1 aliphatic rings. The fourth-order valence-corrected chi connectivity index (χ4v) is 3.39. The Labute approximate surface area is 156 Å². The largest absolute Gasteiger partial charge is 0.285 e. The first kappa shape index (κ1) is 17.5. The summed E-state index contributed by atoms with van der Waals surface area (Å²) in [6.45, 7) is 0. The van der Waals surface area contributed by atoms with Crippen LogP contribution in [0.3, 0.4) is 0 Å². The van der Waals surface area contributed by atoms with Crippen molar-refractivity contribution in [1.29, 1.82) is 0 Å². The molecule has 0 spiro atoms. The van der Waals surface area contributed by atoms with E-state index in [9.17, 15) is 14.0 Å². The quantitative estimate of drug-likeness (QED) is 0.639. The van der Waals surface area contributed by atoms with Gasteiger partial charge in [0.1, 0.15) is 5.82 Å². The van der Waals surface area contributed by atoms with Crippen LogP contribution in [0.25, 0.3) is 6.08 Å². The highest BCUT2D eigenvalue weighted by molar-refractivity contribution is 8.26. The number of carbonyl (C=O) groups is 2. The van der Waals surface area contributed by atoms with Crippen LogP contribution >= 0.6 is 35.6 Å². The van der Waals surface area contributed by atoms with E-state index in [2.05, 4.69) is 10.4 Å². The number of hydrogen-bond acceptors (Lipinski definition) is 5. The highest BCUT2D eigenvalue weighted by Gasteiger charge is 2.34. The molecule has 0 aliphatic carbocycles. The van der Waals surface area contributed by atoms with Crippen molar-refractivity contribution in [2.75, 3.05) is 0 Å². The Morgan fingerprint density at radius 1 is 1.32 bits per heavy atom. The van der Waals surface area contributed by atoms with Gasteiger partial charge in [-0.05, 0) is 42.6 Å². The number of aromatic nitrogens is 1. The summed E-state index contributed by atoms with van der Waals surface area (Å²) in [7, 11) is 0. The van der Waals surface area contributed by atoms with E-state index in [4.69, 9.17) is 23.8 Å². The lowest BCUT2D eigenvalue weighted by Gasteiger charge is -2.15. The molecule has 126 valence electrons. The molecule has 0 saturated carbocycles. The predicted molar refractivity (Wildman–Crippen MR) is 98.1 cm³/mol. The molecular formula is C16H9ClFN3O2S2. The minimum Gasteiger partial charge on any atom is -0.267 e. The van der Waals surface area contributed by atoms with Crippen LogP contribution in [-0.2, 0) is 4.79 Å². The lowest BCUT2D eigenvalue weighted by atomic mass is 10.2. The first-order chi connectivity index (χ1) is 12.0. The lowest BCUT2D eigenvalue weighted by molar-refractivity contribution is -0.123. The molecule has 25 heavy (non-hydrogen) atoms. The van der Waals surface area contributed by atoms with Crippen molar-refractivity contribution in [3.8, 4) is 0 Å². The van der Waals surface area contributed by atoms with Gasteiger partial charge in [0.2, 0.25) is 0 Å². The molecule has 2 heterocycles. The fourth-order valence-electron chi connectivity index (χ4n) is 2.01. The van der Waals surface area contributed by atoms with Crippen molar-refractivity contribution in [3.63, 3.8) is 0 Å². The molecule has 0 atom stereocenters. The highest BCUT2D eigenvalue weighted by atomic mass is 35.5. The molecule has 9 heteroatoms. The summed E-state index contributed by atoms with van der Waals surface area (Å²) < 4.78 is 14.0. The van der Waals surface area contributed by atoms with Crippen molar-refractivity contribution < 1.29 is 14.0 Å². The maximum atomic E-state index is 13.9. The molecule has 1 aliphatic heterocycles. The second kappa shape index (κ2) is 7.30. The molecule has 2 aromatic rings. The first-order valence-electron chi connectivity index (χ1n) is 6.90. The van der Waals surface area contributed by atoms with Crippen LogP contribution in [0.5, 0.6) is 0 Å². The molecule has 1 aromatic heterocycles. The van der Waals surface area contributed by atoms with Crippen molar-refractivity contribution in [1.82, 2.24) is 15.4 Å². The molecule has 0 radical (unpaired) electrons. The van der Waals surface area contributed by atoms with Crippen LogP contribution in [0.2, 0.25) is 5.02 Å². The van der Waals surface area contributed by atoms with Gasteiger partial charge in [0, 0.05) is 23.5 Å². The summed E-state index contributed by atoms with van der Waals surface area (Å²) in [5, 5.41) is 1.12. The van der Waals surface area contributed by atoms with E-state index in [0.29, 0.717) is 5.56 Å². The van der Waals surface area contributed by atoms with Crippen LogP contribution in [0.15, 0.2) is 47.6 Å². The molecule has 0 bridgehead atoms. The fraction of sp³-hybridized carbons (Fsp3) is 0. The van der Waals surface area contributed by atoms with E-state index in [0.717, 1.165) is 16.8 Å². The Morgan fingerprint density at radius 3 is 2.72 bits per heavy atom. The molecule has 1 fully saturated rings. The van der Waals surface area contributed by atoms with E-state index < -0.39 is 17.6 Å². The van der Waals surface area contributed by atoms with Gasteiger partial charge in [0.15, 0.2) is 4.32 Å². The first-order valence-corrected chi connectivity index (χ1v) is 8.50. The lowest BCUT2D eigenvalue weighted by Crippen LogP contribution is -2.44. The van der Waals surface area contributed by atoms with Gasteiger partial charge in [0.05, 0.1) is 9.93 Å². The van der Waals surface area contributed by atoms with Gasteiger partial charge in [-0.25, -0.2) is 4.39 Å². The summed E-state index contributed by atoms with van der Waals surface area (Å²) >= 11 is 12.0. The summed E-state index contributed by atoms with van der Waals surface area (Å²) in [6, 6.07) is 7.23. The molecular weight excluding hydrogens is 385 g/mol. The van der Waals surface area contributed by atoms with Crippen molar-refractivity contribution in [2.45, 2.75) is 0 Å². The molecule has 1 saturated heterocycles. The van der Waals surface area contributed by atoms with Crippen molar-refractivity contribution in [3.05, 3.63) is 69.6 Å². The van der Waals surface area contributed by atoms with Gasteiger partial charge in [-0.3, -0.25) is 20.0 Å². The summed E-state index contributed by atoms with van der Waals surface area (Å²) in [5.74, 6) is -1.63. The van der Waals surface area contributed by atoms with Gasteiger partial charge in [-0.15, -0.1) is 0 Å². The zero-order valence-corrected chi connectivity index (χ0v) is 14.8. The van der Waals surface area contributed by atoms with Crippen LogP contribution in [0.1, 0.15) is 15.9 Å². The number of benzene rings is 1. The van der Waals surface area contributed by atoms with E-state index in [1.165, 1.54) is 48.8 Å². The molecule has 1 N–H and O–H groups in total. The third-order valence-electron chi connectivity index (χ3n) is 3.22. The van der Waals surface area contributed by atoms with Gasteiger partial charge in [-0.1, -0.05) is 29.4 Å². The monoisotopic (exact) mass is 393 g/mol. The average molecular weight is 394 g/mol. The standard InChI is InChI=1S/C16H9ClFN3O2S2/c17-11-2-1-3-12(18)10(11)8-13-15(23)21(16(24)25-13)20-14(22)9-4-6-19-7-5-9/h1-8H,(H,20,22). The third kappa shape index (κ3) is 3.71. The minimum atomic E-state index is -0.559. The number of thiocarbonyl (C=S) groups is 1. The smallest absolute Gasteiger partial charge is 0.267 e. The van der Waals surface area contributed by atoms with Crippen molar-refractivity contribution in [2.24, 2.45) is 0 Å². The molecule has 0 unspecified atom stereocenters. The average Bonchev–Trinajstić information content (AvgIpc) is 2.86. The topological polar surface area (TPSA) is 62.3 Å². The predicted octanol–water partition coefficient (Wildman–Crippen LogP) is 3.42. The molecule has 2 amide bonds. The summed E-state index contributed by atoms with van der Waals surface area (Å²) in [5.41, 5.74) is 2.84. The van der Waals surface area contributed by atoms with E-state index >= 15 is 0 Å². The molecule has 3 rings (SSSR count). The van der Waals surface area contributed by atoms with Crippen LogP contribution in [-0.4, -0.2) is 26.1 Å². The minimum absolute atomic E-state index is 0.0881. The number of nitrogens with one attached hydrogen (secondary N) is 1. The number of pyridine rings is 1. The van der Waals surface area contributed by atoms with Gasteiger partial charge < -0.3 is 0 Å². The van der Waals surface area contributed by atoms with Gasteiger partial charge in [0.25, 0.3) is 11.8 Å². The Kier molecular flexibility index (Phi) is 5.12. The number of hydrazine groups is 1. The number of thioether (sulfide) groups is 1. The molecule has 5 nitrogen and oxygen atoms in total. The van der Waals surface area contributed by atoms with Crippen LogP contribution in [0, 0.1) is 5.82 Å². The normalized spacial score (nSPS) is 15.8. The Morgan fingerprint density at radius 2 is 2.04 bits per heavy atom. The summed E-state index contributed by atoms with van der Waals surface area (Å²) in [6.07, 6.45) is 4.23. The zero-order chi connectivity index (χ0) is 18.0. The maximum absolute atomic E-state index is 13.9.